The zero-order valence-electron chi connectivity index (χ0n) is 15.4. The van der Waals surface area contributed by atoms with Gasteiger partial charge in [-0.25, -0.2) is 8.78 Å². The van der Waals surface area contributed by atoms with Gasteiger partial charge in [0, 0.05) is 24.0 Å². The summed E-state index contributed by atoms with van der Waals surface area (Å²) in [6, 6.07) is 1.27. The molecule has 0 saturated heterocycles. The number of nitrogens with zero attached hydrogens (tertiary/aromatic N) is 6. The quantitative estimate of drug-likeness (QED) is 0.686. The normalized spacial score (nSPS) is 11.3. The molecule has 0 aliphatic heterocycles. The van der Waals surface area contributed by atoms with E-state index >= 15 is 0 Å². The van der Waals surface area contributed by atoms with Crippen molar-refractivity contribution in [3.63, 3.8) is 0 Å². The van der Waals surface area contributed by atoms with Gasteiger partial charge in [-0.05, 0) is 26.8 Å². The number of nitrogens with one attached hydrogen (secondary N) is 1. The van der Waals surface area contributed by atoms with E-state index < -0.39 is 12.3 Å². The lowest BCUT2D eigenvalue weighted by Crippen LogP contribution is -2.21. The van der Waals surface area contributed by atoms with Crippen molar-refractivity contribution in [1.82, 2.24) is 29.3 Å². The fraction of sp³-hybridized carbons (Fsp3) is 0.412. The maximum atomic E-state index is 13.0. The number of alkyl halides is 2. The first-order valence-electron chi connectivity index (χ1n) is 8.53. The summed E-state index contributed by atoms with van der Waals surface area (Å²) in [5.74, 6) is -0.450. The number of rotatable bonds is 7. The van der Waals surface area contributed by atoms with E-state index in [2.05, 4.69) is 20.6 Å². The number of carbonyl (C=O) groups excluding carboxylic acids is 1. The Morgan fingerprint density at radius 3 is 2.67 bits per heavy atom. The number of aryl methyl sites for hydroxylation is 2. The molecule has 8 nitrogen and oxygen atoms in total. The van der Waals surface area contributed by atoms with Gasteiger partial charge in [0.25, 0.3) is 6.43 Å². The zero-order chi connectivity index (χ0) is 19.6. The molecule has 0 fully saturated rings. The van der Waals surface area contributed by atoms with Crippen molar-refractivity contribution in [3.05, 3.63) is 47.3 Å². The molecule has 27 heavy (non-hydrogen) atoms. The molecule has 10 heteroatoms. The molecule has 0 spiro atoms. The summed E-state index contributed by atoms with van der Waals surface area (Å²) in [4.78, 5) is 12.2. The van der Waals surface area contributed by atoms with Crippen molar-refractivity contribution in [2.75, 3.05) is 5.32 Å². The highest BCUT2D eigenvalue weighted by atomic mass is 19.3. The molecule has 0 unspecified atom stereocenters. The monoisotopic (exact) mass is 377 g/mol. The number of aromatic nitrogens is 6. The summed E-state index contributed by atoms with van der Waals surface area (Å²) in [6.45, 7) is 6.64. The molecule has 3 heterocycles. The second-order valence-electron chi connectivity index (χ2n) is 6.21. The van der Waals surface area contributed by atoms with Gasteiger partial charge in [-0.15, -0.1) is 0 Å². The van der Waals surface area contributed by atoms with Crippen LogP contribution < -0.4 is 5.32 Å². The number of amides is 1. The van der Waals surface area contributed by atoms with Crippen molar-refractivity contribution in [1.29, 1.82) is 0 Å². The fourth-order valence-electron chi connectivity index (χ4n) is 2.85. The largest absolute Gasteiger partial charge is 0.322 e. The number of anilines is 1. The lowest BCUT2D eigenvalue weighted by molar-refractivity contribution is -0.117. The van der Waals surface area contributed by atoms with E-state index in [1.54, 1.807) is 24.0 Å². The zero-order valence-corrected chi connectivity index (χ0v) is 15.4. The molecule has 3 aromatic rings. The SMILES string of the molecule is CCn1ncc(Cn2cc(NC(=O)Cn3nc(C)cc3C(F)F)cn2)c1C. The molecular weight excluding hydrogens is 356 g/mol. The molecule has 1 N–H and O–H groups in total. The molecule has 0 aliphatic rings. The fourth-order valence-corrected chi connectivity index (χ4v) is 2.85. The van der Waals surface area contributed by atoms with Gasteiger partial charge >= 0.3 is 0 Å². The van der Waals surface area contributed by atoms with Crippen LogP contribution in [0.15, 0.2) is 24.7 Å². The van der Waals surface area contributed by atoms with Crippen LogP contribution in [0, 0.1) is 13.8 Å². The lowest BCUT2D eigenvalue weighted by Gasteiger charge is -2.06. The number of hydrogen-bond donors (Lipinski definition) is 1. The van der Waals surface area contributed by atoms with Crippen molar-refractivity contribution < 1.29 is 13.6 Å². The van der Waals surface area contributed by atoms with E-state index in [4.69, 9.17) is 0 Å². The Labute approximate surface area is 154 Å². The van der Waals surface area contributed by atoms with E-state index in [0.717, 1.165) is 22.5 Å². The molecule has 144 valence electrons. The first kappa shape index (κ1) is 18.7. The van der Waals surface area contributed by atoms with Crippen LogP contribution in [0.2, 0.25) is 0 Å². The van der Waals surface area contributed by atoms with Crippen LogP contribution in [0.25, 0.3) is 0 Å². The van der Waals surface area contributed by atoms with Crippen LogP contribution in [-0.4, -0.2) is 35.2 Å². The Kier molecular flexibility index (Phi) is 5.33. The molecule has 0 saturated carbocycles. The summed E-state index contributed by atoms with van der Waals surface area (Å²) < 4.78 is 30.5. The average Bonchev–Trinajstić information content (AvgIpc) is 3.28. The standard InChI is InChI=1S/C17H21F2N7O/c1-4-25-12(3)13(6-21-25)8-24-9-14(7-20-24)22-16(27)10-26-15(17(18)19)5-11(2)23-26/h5-7,9,17H,4,8,10H2,1-3H3,(H,22,27). The van der Waals surface area contributed by atoms with E-state index in [1.165, 1.54) is 12.3 Å². The van der Waals surface area contributed by atoms with E-state index in [0.29, 0.717) is 17.9 Å². The Morgan fingerprint density at radius 1 is 1.22 bits per heavy atom. The highest BCUT2D eigenvalue weighted by Crippen LogP contribution is 2.19. The summed E-state index contributed by atoms with van der Waals surface area (Å²) in [6.07, 6.45) is 2.31. The van der Waals surface area contributed by atoms with Crippen LogP contribution in [0.5, 0.6) is 0 Å². The number of halogens is 2. The van der Waals surface area contributed by atoms with Crippen LogP contribution in [-0.2, 0) is 24.4 Å². The summed E-state index contributed by atoms with van der Waals surface area (Å²) in [7, 11) is 0. The third kappa shape index (κ3) is 4.21. The first-order valence-corrected chi connectivity index (χ1v) is 8.53. The molecule has 0 aliphatic carbocycles. The van der Waals surface area contributed by atoms with Gasteiger partial charge in [-0.1, -0.05) is 0 Å². The van der Waals surface area contributed by atoms with E-state index in [-0.39, 0.29) is 12.2 Å². The van der Waals surface area contributed by atoms with Crippen molar-refractivity contribution >= 4 is 11.6 Å². The summed E-state index contributed by atoms with van der Waals surface area (Å²) in [5.41, 5.74) is 2.75. The predicted molar refractivity (Wildman–Crippen MR) is 94.5 cm³/mol. The van der Waals surface area contributed by atoms with Crippen LogP contribution in [0.3, 0.4) is 0 Å². The molecule has 1 amide bonds. The van der Waals surface area contributed by atoms with Crippen molar-refractivity contribution in [2.24, 2.45) is 0 Å². The summed E-state index contributed by atoms with van der Waals surface area (Å²) in [5, 5.41) is 15.1. The topological polar surface area (TPSA) is 82.6 Å². The Balaban J connectivity index is 1.63. The molecular formula is C17H21F2N7O. The minimum absolute atomic E-state index is 0.276. The van der Waals surface area contributed by atoms with Crippen LogP contribution in [0.1, 0.15) is 36.0 Å². The van der Waals surface area contributed by atoms with Gasteiger partial charge < -0.3 is 5.32 Å². The third-order valence-corrected chi connectivity index (χ3v) is 4.20. The molecule has 0 aromatic carbocycles. The molecule has 3 aromatic heterocycles. The maximum absolute atomic E-state index is 13.0. The Hall–Kier alpha value is -3.04. The highest BCUT2D eigenvalue weighted by Gasteiger charge is 2.17. The number of hydrogen-bond acceptors (Lipinski definition) is 4. The van der Waals surface area contributed by atoms with Crippen molar-refractivity contribution in [3.8, 4) is 0 Å². The highest BCUT2D eigenvalue weighted by molar-refractivity contribution is 5.90. The average molecular weight is 377 g/mol. The molecule has 3 rings (SSSR count). The van der Waals surface area contributed by atoms with Gasteiger partial charge in [-0.3, -0.25) is 18.8 Å². The van der Waals surface area contributed by atoms with Gasteiger partial charge in [0.15, 0.2) is 0 Å². The molecule has 0 atom stereocenters. The van der Waals surface area contributed by atoms with Gasteiger partial charge in [0.2, 0.25) is 5.91 Å². The molecule has 0 bridgehead atoms. The second-order valence-corrected chi connectivity index (χ2v) is 6.21. The third-order valence-electron chi connectivity index (χ3n) is 4.20. The lowest BCUT2D eigenvalue weighted by atomic mass is 10.2. The Bertz CT molecular complexity index is 941. The number of carbonyl (C=O) groups is 1. The predicted octanol–water partition coefficient (Wildman–Crippen LogP) is 2.54. The Morgan fingerprint density at radius 2 is 2.00 bits per heavy atom. The smallest absolute Gasteiger partial charge is 0.280 e. The maximum Gasteiger partial charge on any atom is 0.280 e. The first-order chi connectivity index (χ1) is 12.9. The second kappa shape index (κ2) is 7.68. The minimum Gasteiger partial charge on any atom is -0.322 e. The minimum atomic E-state index is -2.69. The van der Waals surface area contributed by atoms with Gasteiger partial charge in [0.05, 0.1) is 30.3 Å². The van der Waals surface area contributed by atoms with E-state index in [1.807, 2.05) is 18.5 Å². The van der Waals surface area contributed by atoms with E-state index in [9.17, 15) is 13.6 Å². The van der Waals surface area contributed by atoms with Crippen LogP contribution >= 0.6 is 0 Å². The van der Waals surface area contributed by atoms with Crippen molar-refractivity contribution in [2.45, 2.75) is 46.8 Å². The van der Waals surface area contributed by atoms with Gasteiger partial charge in [-0.2, -0.15) is 15.3 Å². The van der Waals surface area contributed by atoms with Crippen LogP contribution in [0.4, 0.5) is 14.5 Å². The van der Waals surface area contributed by atoms with Gasteiger partial charge in [0.1, 0.15) is 12.2 Å². The summed E-state index contributed by atoms with van der Waals surface area (Å²) >= 11 is 0. The molecule has 0 radical (unpaired) electrons.